The summed E-state index contributed by atoms with van der Waals surface area (Å²) in [5.74, 6) is -0.0122. The van der Waals surface area contributed by atoms with Crippen LogP contribution >= 0.6 is 0 Å². The van der Waals surface area contributed by atoms with Crippen LogP contribution in [-0.2, 0) is 22.6 Å². The topological polar surface area (TPSA) is 29.5 Å². The number of carbonyl (C=O) groups is 1. The van der Waals surface area contributed by atoms with Crippen LogP contribution in [0.2, 0.25) is 0 Å². The van der Waals surface area contributed by atoms with Gasteiger partial charge in [0.1, 0.15) is 0 Å². The summed E-state index contributed by atoms with van der Waals surface area (Å²) >= 11 is 0. The van der Waals surface area contributed by atoms with E-state index >= 15 is 0 Å². The number of rotatable bonds is 6. The van der Waals surface area contributed by atoms with Crippen LogP contribution in [0.1, 0.15) is 36.8 Å². The molecule has 0 saturated heterocycles. The molecule has 1 fully saturated rings. The van der Waals surface area contributed by atoms with Crippen LogP contribution < -0.4 is 0 Å². The van der Waals surface area contributed by atoms with Crippen molar-refractivity contribution >= 4 is 5.97 Å². The minimum atomic E-state index is -0.0518. The van der Waals surface area contributed by atoms with Crippen molar-refractivity contribution in [3.8, 4) is 0 Å². The summed E-state index contributed by atoms with van der Waals surface area (Å²) in [5, 5.41) is 0. The molecule has 0 aliphatic heterocycles. The third kappa shape index (κ3) is 4.93. The number of hydrogen-bond donors (Lipinski definition) is 0. The normalized spacial score (nSPS) is 20.4. The van der Waals surface area contributed by atoms with Gasteiger partial charge in [0, 0.05) is 19.1 Å². The predicted octanol–water partition coefficient (Wildman–Crippen LogP) is 4.42. The van der Waals surface area contributed by atoms with Gasteiger partial charge in [-0.2, -0.15) is 0 Å². The number of nitrogens with zero attached hydrogens (tertiary/aromatic N) is 1. The number of hydrogen-bond acceptors (Lipinski definition) is 3. The van der Waals surface area contributed by atoms with Crippen molar-refractivity contribution in [3.63, 3.8) is 0 Å². The zero-order valence-corrected chi connectivity index (χ0v) is 14.9. The molecule has 25 heavy (non-hydrogen) atoms. The summed E-state index contributed by atoms with van der Waals surface area (Å²) in [5.41, 5.74) is 2.64. The Kier molecular flexibility index (Phi) is 6.24. The van der Waals surface area contributed by atoms with Crippen molar-refractivity contribution < 1.29 is 9.53 Å². The highest BCUT2D eigenvalue weighted by molar-refractivity contribution is 5.72. The Morgan fingerprint density at radius 3 is 2.04 bits per heavy atom. The van der Waals surface area contributed by atoms with E-state index in [2.05, 4.69) is 65.6 Å². The number of methoxy groups -OCH3 is 1. The fourth-order valence-electron chi connectivity index (χ4n) is 3.83. The first-order chi connectivity index (χ1) is 12.3. The Morgan fingerprint density at radius 1 is 0.960 bits per heavy atom. The van der Waals surface area contributed by atoms with E-state index in [-0.39, 0.29) is 11.9 Å². The Labute approximate surface area is 150 Å². The lowest BCUT2D eigenvalue weighted by molar-refractivity contribution is -0.147. The van der Waals surface area contributed by atoms with Crippen LogP contribution in [0.25, 0.3) is 0 Å². The lowest BCUT2D eigenvalue weighted by Crippen LogP contribution is -2.39. The summed E-state index contributed by atoms with van der Waals surface area (Å²) in [6, 6.07) is 21.6. The van der Waals surface area contributed by atoms with Crippen molar-refractivity contribution in [3.05, 3.63) is 71.8 Å². The van der Waals surface area contributed by atoms with E-state index in [9.17, 15) is 4.79 Å². The molecule has 0 N–H and O–H groups in total. The van der Waals surface area contributed by atoms with Gasteiger partial charge in [-0.25, -0.2) is 0 Å². The zero-order chi connectivity index (χ0) is 17.5. The molecule has 0 amide bonds. The second-order valence-electron chi connectivity index (χ2n) is 6.92. The van der Waals surface area contributed by atoms with E-state index in [1.165, 1.54) is 18.2 Å². The average molecular weight is 337 g/mol. The molecule has 132 valence electrons. The van der Waals surface area contributed by atoms with Crippen LogP contribution in [0, 0.1) is 5.92 Å². The molecule has 0 heterocycles. The number of carbonyl (C=O) groups excluding carboxylic acids is 1. The number of ether oxygens (including phenoxy) is 1. The lowest BCUT2D eigenvalue weighted by atomic mass is 9.84. The first-order valence-electron chi connectivity index (χ1n) is 9.16. The molecule has 0 aromatic heterocycles. The summed E-state index contributed by atoms with van der Waals surface area (Å²) < 4.78 is 5.00. The maximum absolute atomic E-state index is 12.0. The van der Waals surface area contributed by atoms with Gasteiger partial charge in [-0.3, -0.25) is 9.69 Å². The van der Waals surface area contributed by atoms with Gasteiger partial charge < -0.3 is 4.74 Å². The molecule has 0 bridgehead atoms. The van der Waals surface area contributed by atoms with Crippen LogP contribution in [0.4, 0.5) is 0 Å². The predicted molar refractivity (Wildman–Crippen MR) is 99.9 cm³/mol. The smallest absolute Gasteiger partial charge is 0.308 e. The molecule has 0 unspecified atom stereocenters. The standard InChI is InChI=1S/C22H27NO2/c1-25-22(24)20-13-8-14-21(15-20)23(16-18-9-4-2-5-10-18)17-19-11-6-3-7-12-19/h2-7,9-12,20-21H,8,13-17H2,1H3/t20-,21-/m1/s1. The second kappa shape index (κ2) is 8.82. The van der Waals surface area contributed by atoms with E-state index in [0.717, 1.165) is 38.8 Å². The minimum absolute atomic E-state index is 0.0396. The van der Waals surface area contributed by atoms with Gasteiger partial charge in [0.2, 0.25) is 0 Å². The fourth-order valence-corrected chi connectivity index (χ4v) is 3.83. The Hall–Kier alpha value is -2.13. The molecular weight excluding hydrogens is 310 g/mol. The first kappa shape index (κ1) is 17.7. The summed E-state index contributed by atoms with van der Waals surface area (Å²) in [4.78, 5) is 14.5. The average Bonchev–Trinajstić information content (AvgIpc) is 2.68. The SMILES string of the molecule is COC(=O)[C@@H]1CCC[C@@H](N(Cc2ccccc2)Cc2ccccc2)C1. The second-order valence-corrected chi connectivity index (χ2v) is 6.92. The van der Waals surface area contributed by atoms with E-state index in [1.54, 1.807) is 0 Å². The molecular formula is C22H27NO2. The molecule has 0 spiro atoms. The van der Waals surface area contributed by atoms with Gasteiger partial charge in [0.05, 0.1) is 13.0 Å². The van der Waals surface area contributed by atoms with Gasteiger partial charge in [-0.05, 0) is 30.4 Å². The quantitative estimate of drug-likeness (QED) is 0.731. The molecule has 2 aromatic rings. The van der Waals surface area contributed by atoms with Gasteiger partial charge in [-0.15, -0.1) is 0 Å². The molecule has 1 aliphatic carbocycles. The minimum Gasteiger partial charge on any atom is -0.469 e. The number of esters is 1. The molecule has 3 nitrogen and oxygen atoms in total. The van der Waals surface area contributed by atoms with Crippen LogP contribution in [0.3, 0.4) is 0 Å². The van der Waals surface area contributed by atoms with Gasteiger partial charge in [0.25, 0.3) is 0 Å². The monoisotopic (exact) mass is 337 g/mol. The summed E-state index contributed by atoms with van der Waals surface area (Å²) in [6.07, 6.45) is 4.08. The Balaban J connectivity index is 1.76. The molecule has 3 heteroatoms. The lowest BCUT2D eigenvalue weighted by Gasteiger charge is -2.37. The van der Waals surface area contributed by atoms with E-state index < -0.39 is 0 Å². The van der Waals surface area contributed by atoms with Gasteiger partial charge in [-0.1, -0.05) is 67.1 Å². The molecule has 3 rings (SSSR count). The zero-order valence-electron chi connectivity index (χ0n) is 14.9. The Morgan fingerprint density at radius 2 is 1.52 bits per heavy atom. The summed E-state index contributed by atoms with van der Waals surface area (Å²) in [6.45, 7) is 1.82. The fraction of sp³-hybridized carbons (Fsp3) is 0.409. The van der Waals surface area contributed by atoms with E-state index in [0.29, 0.717) is 6.04 Å². The highest BCUT2D eigenvalue weighted by Crippen LogP contribution is 2.30. The maximum atomic E-state index is 12.0. The highest BCUT2D eigenvalue weighted by Gasteiger charge is 2.31. The van der Waals surface area contributed by atoms with Crippen molar-refractivity contribution in [2.24, 2.45) is 5.92 Å². The van der Waals surface area contributed by atoms with Crippen LogP contribution in [0.15, 0.2) is 60.7 Å². The van der Waals surface area contributed by atoms with Crippen molar-refractivity contribution in [2.75, 3.05) is 7.11 Å². The molecule has 2 aromatic carbocycles. The van der Waals surface area contributed by atoms with Gasteiger partial charge >= 0.3 is 5.97 Å². The van der Waals surface area contributed by atoms with Crippen molar-refractivity contribution in [1.82, 2.24) is 4.90 Å². The summed E-state index contributed by atoms with van der Waals surface area (Å²) in [7, 11) is 1.50. The highest BCUT2D eigenvalue weighted by atomic mass is 16.5. The van der Waals surface area contributed by atoms with Crippen molar-refractivity contribution in [1.29, 1.82) is 0 Å². The first-order valence-corrected chi connectivity index (χ1v) is 9.16. The van der Waals surface area contributed by atoms with Crippen LogP contribution in [-0.4, -0.2) is 24.0 Å². The van der Waals surface area contributed by atoms with Gasteiger partial charge in [0.15, 0.2) is 0 Å². The molecule has 1 saturated carbocycles. The van der Waals surface area contributed by atoms with Crippen molar-refractivity contribution in [2.45, 2.75) is 44.8 Å². The van der Waals surface area contributed by atoms with E-state index in [1.807, 2.05) is 0 Å². The third-order valence-electron chi connectivity index (χ3n) is 5.15. The van der Waals surface area contributed by atoms with Crippen LogP contribution in [0.5, 0.6) is 0 Å². The third-order valence-corrected chi connectivity index (χ3v) is 5.15. The largest absolute Gasteiger partial charge is 0.469 e. The Bertz CT molecular complexity index is 615. The number of benzene rings is 2. The molecule has 0 radical (unpaired) electrons. The maximum Gasteiger partial charge on any atom is 0.308 e. The molecule has 2 atom stereocenters. The van der Waals surface area contributed by atoms with E-state index in [4.69, 9.17) is 4.74 Å². The molecule has 1 aliphatic rings.